The molecule has 45 heavy (non-hydrogen) atoms. The Balaban J connectivity index is 1.38. The van der Waals surface area contributed by atoms with Crippen LogP contribution >= 0.6 is 11.6 Å². The monoisotopic (exact) mass is 635 g/mol. The van der Waals surface area contributed by atoms with Crippen LogP contribution in [0.2, 0.25) is 5.02 Å². The Bertz CT molecular complexity index is 1920. The van der Waals surface area contributed by atoms with Crippen LogP contribution in [0.3, 0.4) is 0 Å². The highest BCUT2D eigenvalue weighted by molar-refractivity contribution is 6.34. The number of methoxy groups -OCH3 is 1. The molecular weight excluding hydrogens is 611 g/mol. The minimum absolute atomic E-state index is 0.00291. The number of benzene rings is 4. The van der Waals surface area contributed by atoms with Gasteiger partial charge in [0.05, 0.1) is 36.6 Å². The Morgan fingerprint density at radius 2 is 1.73 bits per heavy atom. The van der Waals surface area contributed by atoms with Crippen LogP contribution in [0, 0.1) is 0 Å². The summed E-state index contributed by atoms with van der Waals surface area (Å²) in [5.74, 6) is -0.842. The first kappa shape index (κ1) is 31.1. The summed E-state index contributed by atoms with van der Waals surface area (Å²) in [6.07, 6.45) is -3.25. The molecule has 0 saturated heterocycles. The van der Waals surface area contributed by atoms with Crippen LogP contribution in [0.1, 0.15) is 38.9 Å². The second-order valence-corrected chi connectivity index (χ2v) is 9.95. The maximum atomic E-state index is 13.4. The number of nitrogens with zero attached hydrogens (tertiary/aromatic N) is 1. The number of aromatic amines is 1. The number of halogens is 4. The summed E-state index contributed by atoms with van der Waals surface area (Å²) in [5, 5.41) is 5.27. The van der Waals surface area contributed by atoms with Gasteiger partial charge in [0.25, 0.3) is 5.91 Å². The van der Waals surface area contributed by atoms with E-state index in [1.807, 2.05) is 18.2 Å². The fourth-order valence-electron chi connectivity index (χ4n) is 4.63. The quantitative estimate of drug-likeness (QED) is 0.0742. The van der Waals surface area contributed by atoms with Gasteiger partial charge in [-0.25, -0.2) is 10.2 Å². The number of para-hydroxylation sites is 1. The number of fused-ring (bicyclic) bond motifs is 1. The number of esters is 1. The molecule has 0 aliphatic carbocycles. The number of amides is 1. The fourth-order valence-corrected chi connectivity index (χ4v) is 4.87. The maximum Gasteiger partial charge on any atom is 0.416 e. The number of ether oxygens (including phenoxy) is 3. The molecule has 0 bridgehead atoms. The zero-order valence-electron chi connectivity index (χ0n) is 23.9. The van der Waals surface area contributed by atoms with Gasteiger partial charge >= 0.3 is 12.1 Å². The number of aromatic nitrogens is 1. The molecule has 0 radical (unpaired) electrons. The molecule has 0 aliphatic heterocycles. The molecular formula is C33H25ClF3N3O5. The molecule has 12 heteroatoms. The number of H-pyrrole nitrogens is 1. The molecule has 0 atom stereocenters. The molecule has 230 valence electrons. The standard InChI is InChI=1S/C33H25ClF3N3O5/c1-3-44-27-16-19(14-15-25(27)45-32(42)20-8-6-9-21(17-20)33(35,36)37)18-38-40-31(41)30-28(22-10-4-5-12-24(22)34)23-11-7-13-26(43-2)29(23)39-30/h4-18,39H,3H2,1-2H3,(H,40,41). The van der Waals surface area contributed by atoms with Crippen LogP contribution in [0.25, 0.3) is 22.0 Å². The number of hydrogen-bond acceptors (Lipinski definition) is 6. The summed E-state index contributed by atoms with van der Waals surface area (Å²) in [4.78, 5) is 29.2. The van der Waals surface area contributed by atoms with Gasteiger partial charge in [0.15, 0.2) is 11.5 Å². The average molecular weight is 636 g/mol. The lowest BCUT2D eigenvalue weighted by Gasteiger charge is -2.12. The second kappa shape index (κ2) is 13.1. The Kier molecular flexibility index (Phi) is 9.10. The van der Waals surface area contributed by atoms with Crippen molar-refractivity contribution >= 4 is 40.6 Å². The smallest absolute Gasteiger partial charge is 0.416 e. The average Bonchev–Trinajstić information content (AvgIpc) is 3.42. The lowest BCUT2D eigenvalue weighted by molar-refractivity contribution is -0.137. The van der Waals surface area contributed by atoms with Gasteiger partial charge in [0.1, 0.15) is 11.4 Å². The largest absolute Gasteiger partial charge is 0.495 e. The molecule has 5 aromatic rings. The number of carbonyl (C=O) groups is 2. The maximum absolute atomic E-state index is 13.4. The van der Waals surface area contributed by atoms with Crippen molar-refractivity contribution in [3.05, 3.63) is 112 Å². The van der Waals surface area contributed by atoms with Gasteiger partial charge in [-0.1, -0.05) is 48.0 Å². The molecule has 2 N–H and O–H groups in total. The summed E-state index contributed by atoms with van der Waals surface area (Å²) in [6, 6.07) is 21.0. The van der Waals surface area contributed by atoms with Crippen molar-refractivity contribution in [3.63, 3.8) is 0 Å². The van der Waals surface area contributed by atoms with E-state index in [0.29, 0.717) is 39.0 Å². The second-order valence-electron chi connectivity index (χ2n) is 9.54. The van der Waals surface area contributed by atoms with E-state index in [0.717, 1.165) is 17.5 Å². The van der Waals surface area contributed by atoms with Crippen molar-refractivity contribution in [2.24, 2.45) is 5.10 Å². The molecule has 0 aliphatic rings. The van der Waals surface area contributed by atoms with Crippen molar-refractivity contribution in [3.8, 4) is 28.4 Å². The van der Waals surface area contributed by atoms with Gasteiger partial charge in [0.2, 0.25) is 0 Å². The number of alkyl halides is 3. The molecule has 8 nitrogen and oxygen atoms in total. The van der Waals surface area contributed by atoms with E-state index in [2.05, 4.69) is 15.5 Å². The number of hydrazone groups is 1. The first-order valence-electron chi connectivity index (χ1n) is 13.5. The predicted molar refractivity (Wildman–Crippen MR) is 164 cm³/mol. The van der Waals surface area contributed by atoms with Crippen molar-refractivity contribution in [2.45, 2.75) is 13.1 Å². The van der Waals surface area contributed by atoms with Crippen LogP contribution in [0.5, 0.6) is 17.2 Å². The minimum atomic E-state index is -4.61. The van der Waals surface area contributed by atoms with Crippen LogP contribution in [0.4, 0.5) is 13.2 Å². The molecule has 1 heterocycles. The summed E-state index contributed by atoms with van der Waals surface area (Å²) in [6.45, 7) is 1.92. The van der Waals surface area contributed by atoms with Crippen molar-refractivity contribution < 1.29 is 37.0 Å². The van der Waals surface area contributed by atoms with E-state index in [1.54, 1.807) is 31.2 Å². The van der Waals surface area contributed by atoms with E-state index in [4.69, 9.17) is 25.8 Å². The summed E-state index contributed by atoms with van der Waals surface area (Å²) in [7, 11) is 1.53. The third-order valence-electron chi connectivity index (χ3n) is 6.66. The van der Waals surface area contributed by atoms with E-state index >= 15 is 0 Å². The first-order chi connectivity index (χ1) is 21.6. The molecule has 1 aromatic heterocycles. The highest BCUT2D eigenvalue weighted by atomic mass is 35.5. The van der Waals surface area contributed by atoms with Crippen LogP contribution in [-0.4, -0.2) is 36.8 Å². The van der Waals surface area contributed by atoms with Gasteiger partial charge < -0.3 is 19.2 Å². The topological polar surface area (TPSA) is 102 Å². The van der Waals surface area contributed by atoms with E-state index < -0.39 is 23.6 Å². The fraction of sp³-hybridized carbons (Fsp3) is 0.121. The normalized spacial score (nSPS) is 11.5. The zero-order chi connectivity index (χ0) is 32.1. The first-order valence-corrected chi connectivity index (χ1v) is 13.9. The third-order valence-corrected chi connectivity index (χ3v) is 6.99. The van der Waals surface area contributed by atoms with Gasteiger partial charge in [-0.3, -0.25) is 4.79 Å². The van der Waals surface area contributed by atoms with Crippen molar-refractivity contribution in [1.29, 1.82) is 0 Å². The molecule has 5 rings (SSSR count). The molecule has 0 fully saturated rings. The number of carbonyl (C=O) groups excluding carboxylic acids is 2. The Morgan fingerprint density at radius 1 is 0.956 bits per heavy atom. The van der Waals surface area contributed by atoms with Crippen LogP contribution in [0.15, 0.2) is 90.0 Å². The highest BCUT2D eigenvalue weighted by Gasteiger charge is 2.31. The van der Waals surface area contributed by atoms with Crippen molar-refractivity contribution in [1.82, 2.24) is 10.4 Å². The van der Waals surface area contributed by atoms with Gasteiger partial charge in [-0.15, -0.1) is 0 Å². The minimum Gasteiger partial charge on any atom is -0.495 e. The number of hydrogen-bond donors (Lipinski definition) is 2. The van der Waals surface area contributed by atoms with E-state index in [9.17, 15) is 22.8 Å². The Morgan fingerprint density at radius 3 is 2.47 bits per heavy atom. The number of nitrogens with one attached hydrogen (secondary N) is 2. The Hall–Kier alpha value is -5.29. The van der Waals surface area contributed by atoms with Gasteiger partial charge in [-0.05, 0) is 61.0 Å². The van der Waals surface area contributed by atoms with Crippen LogP contribution < -0.4 is 19.6 Å². The van der Waals surface area contributed by atoms with Gasteiger partial charge in [-0.2, -0.15) is 18.3 Å². The molecule has 4 aromatic carbocycles. The lowest BCUT2D eigenvalue weighted by Crippen LogP contribution is -2.19. The molecule has 0 saturated carbocycles. The van der Waals surface area contributed by atoms with Crippen molar-refractivity contribution in [2.75, 3.05) is 13.7 Å². The Labute approximate surface area is 260 Å². The van der Waals surface area contributed by atoms with Gasteiger partial charge in [0, 0.05) is 21.5 Å². The zero-order valence-corrected chi connectivity index (χ0v) is 24.6. The summed E-state index contributed by atoms with van der Waals surface area (Å²) < 4.78 is 55.7. The molecule has 1 amide bonds. The number of rotatable bonds is 9. The van der Waals surface area contributed by atoms with Crippen LogP contribution in [-0.2, 0) is 6.18 Å². The summed E-state index contributed by atoms with van der Waals surface area (Å²) in [5.41, 5.74) is 3.79. The summed E-state index contributed by atoms with van der Waals surface area (Å²) >= 11 is 6.50. The lowest BCUT2D eigenvalue weighted by atomic mass is 10.0. The predicted octanol–water partition coefficient (Wildman–Crippen LogP) is 7.90. The third kappa shape index (κ3) is 6.78. The SMILES string of the molecule is CCOc1cc(C=NNC(=O)c2[nH]c3c(OC)cccc3c2-c2ccccc2Cl)ccc1OC(=O)c1cccc(C(F)(F)F)c1. The van der Waals surface area contributed by atoms with E-state index in [1.165, 1.54) is 37.6 Å². The molecule has 0 unspecified atom stereocenters. The highest BCUT2D eigenvalue weighted by Crippen LogP contribution is 2.39. The van der Waals surface area contributed by atoms with E-state index in [-0.39, 0.29) is 29.4 Å². The molecule has 0 spiro atoms.